The fraction of sp³-hybridized carbons (Fsp3) is 0.453. The van der Waals surface area contributed by atoms with Crippen LogP contribution in [-0.2, 0) is 54.7 Å². The summed E-state index contributed by atoms with van der Waals surface area (Å²) in [5.41, 5.74) is 19.5. The van der Waals surface area contributed by atoms with Crippen molar-refractivity contribution in [2.75, 3.05) is 129 Å². The molecule has 11 heterocycles. The van der Waals surface area contributed by atoms with Gasteiger partial charge >= 0.3 is 11.9 Å². The number of carbonyl (C=O) groups excluding carboxylic acids is 6. The number of nitrogens with zero attached hydrogens (tertiary/aromatic N) is 11. The number of hydrogen-bond donors (Lipinski definition) is 10. The van der Waals surface area contributed by atoms with Gasteiger partial charge in [-0.1, -0.05) is 152 Å². The lowest BCUT2D eigenvalue weighted by Crippen LogP contribution is -2.51. The van der Waals surface area contributed by atoms with Crippen LogP contribution in [0.4, 0.5) is 40.1 Å². The first-order valence-electron chi connectivity index (χ1n) is 48.9. The van der Waals surface area contributed by atoms with Gasteiger partial charge < -0.3 is 82.7 Å². The number of nitrogen functional groups attached to an aromatic ring is 1. The quantitative estimate of drug-likeness (QED) is 0.0282. The summed E-state index contributed by atoms with van der Waals surface area (Å²) in [6, 6.07) is 34.8. The highest BCUT2D eigenvalue weighted by Gasteiger charge is 2.35. The number of nitrogens with one attached hydrogen (secondary N) is 8. The molecule has 0 bridgehead atoms. The Morgan fingerprint density at radius 1 is 0.466 bits per heavy atom. The van der Waals surface area contributed by atoms with E-state index >= 15 is 0 Å². The minimum atomic E-state index is -3.83. The molecule has 11 aromatic rings. The number of nitrogens with two attached hydrogens (primary N) is 2. The largest absolute Gasteiger partial charge is 0.460 e. The van der Waals surface area contributed by atoms with E-state index in [-0.39, 0.29) is 108 Å². The number of amides is 4. The zero-order valence-electron chi connectivity index (χ0n) is 85.4. The monoisotopic (exact) mass is 2180 g/mol. The average Bonchev–Trinajstić information content (AvgIpc) is 1.61. The molecule has 5 saturated heterocycles. The van der Waals surface area contributed by atoms with Crippen LogP contribution in [0, 0.1) is 62.2 Å². The molecule has 5 aliphatic rings. The van der Waals surface area contributed by atoms with Crippen LogP contribution in [0.1, 0.15) is 144 Å². The van der Waals surface area contributed by atoms with Gasteiger partial charge in [0.15, 0.2) is 5.65 Å². The zero-order chi connectivity index (χ0) is 106. The number of benzene rings is 5. The molecule has 10 atom stereocenters. The van der Waals surface area contributed by atoms with Crippen LogP contribution >= 0.6 is 92.8 Å². The van der Waals surface area contributed by atoms with Gasteiger partial charge in [0.2, 0.25) is 23.6 Å². The van der Waals surface area contributed by atoms with Crippen LogP contribution in [-0.4, -0.2) is 223 Å². The third kappa shape index (κ3) is 37.5. The van der Waals surface area contributed by atoms with Gasteiger partial charge in [-0.2, -0.15) is 0 Å². The zero-order valence-corrected chi connectivity index (χ0v) is 92.2. The van der Waals surface area contributed by atoms with Gasteiger partial charge in [-0.15, -0.1) is 0 Å². The van der Waals surface area contributed by atoms with E-state index in [0.717, 1.165) is 133 Å². The molecule has 0 radical (unpaired) electrons. The van der Waals surface area contributed by atoms with Gasteiger partial charge in [-0.25, -0.2) is 32.3 Å². The van der Waals surface area contributed by atoms with Crippen molar-refractivity contribution in [3.8, 4) is 0 Å². The van der Waals surface area contributed by atoms with Crippen molar-refractivity contribution in [1.82, 2.24) is 63.8 Å². The van der Waals surface area contributed by atoms with Crippen LogP contribution < -0.4 is 48.7 Å². The molecule has 5 aromatic carbocycles. The van der Waals surface area contributed by atoms with Crippen molar-refractivity contribution in [2.45, 2.75) is 183 Å². The Hall–Kier alpha value is -10.8. The molecule has 4 amide bonds. The van der Waals surface area contributed by atoms with E-state index in [0.29, 0.717) is 125 Å². The molecule has 0 aliphatic carbocycles. The molecule has 16 rings (SSSR count). The van der Waals surface area contributed by atoms with Gasteiger partial charge in [-0.3, -0.25) is 38.7 Å². The summed E-state index contributed by atoms with van der Waals surface area (Å²) in [7, 11) is -3.83. The maximum Gasteiger partial charge on any atom is 0.310 e. The second-order valence-electron chi connectivity index (χ2n) is 39.8. The molecular formula is C106H137Cl8N21O10S. The molecule has 40 heteroatoms. The smallest absolute Gasteiger partial charge is 0.310 e. The van der Waals surface area contributed by atoms with Crippen molar-refractivity contribution >= 4 is 201 Å². The highest BCUT2D eigenvalue weighted by molar-refractivity contribution is 7.90. The standard InChI is InChI=1S/C27H28Cl2N6O3S.C20H22Cl2N6O.C15H20Cl2N2O.C14H19Cl2N3O.C12H23NO2.C12H17NO2.C6H8N2/c1-17-3-5-22(6-4-17)39(37,38)35-10-8-23-26(31-16-32-27(23)35)33-24-15-34(9-7-18(24)2)25(36)14-30-21-12-19(28)11-20(29)13-21;1-12-3-5-28(18(29)9-24-15-7-13(21)6-14(22)8-15)10-17(12)27-20-16-2-4-23-19(16)25-11-26-20;1-10-3-4-19(9-11(10)2)15(20)8-18-14-6-12(16)5-13(17)7-14;1-9-2-3-19(8-13(9)17)14(20)7-18-12-5-10(15)4-11(16)6-12;2*1-9-5-6-13-8-10(9)7-11(14)15-12(2,3)4;1-5-2-3-8-4-6(5)7/h3-6,8,10-13,16,18,24,30H,7,9,14-15H2,1-2H3,(H,31,32,33);2,4,6-8,11-12,17,24H,3,5,9-10H2,1H3,(H2,23,25,26,27);5-7,10-11,18H,3-4,8-9H2,1-2H3;4-6,9,13,18H,2-3,7-8,17H2,1H3;9-10,13H,5-8H2,1-4H3;5-6,8H,7H2,1-4H3;2-4H,7H2,1H3. The minimum absolute atomic E-state index is 0.0364. The molecule has 10 unspecified atom stereocenters. The molecule has 0 saturated carbocycles. The van der Waals surface area contributed by atoms with E-state index in [9.17, 15) is 37.2 Å². The molecule has 31 nitrogen and oxygen atoms in total. The molecule has 5 fully saturated rings. The summed E-state index contributed by atoms with van der Waals surface area (Å²) in [5.74, 6) is 4.66. The first-order valence-corrected chi connectivity index (χ1v) is 53.4. The molecule has 6 aromatic heterocycles. The Morgan fingerprint density at radius 2 is 0.884 bits per heavy atom. The first-order chi connectivity index (χ1) is 69.1. The Kier molecular flexibility index (Phi) is 44.5. The Balaban J connectivity index is 0.000000183. The van der Waals surface area contributed by atoms with Crippen molar-refractivity contribution in [3.05, 3.63) is 234 Å². The number of halogens is 8. The highest BCUT2D eigenvalue weighted by atomic mass is 35.5. The number of rotatable bonds is 22. The fourth-order valence-corrected chi connectivity index (χ4v) is 20.0. The van der Waals surface area contributed by atoms with Crippen molar-refractivity contribution in [2.24, 2.45) is 47.2 Å². The normalized spacial score (nSPS) is 19.3. The Morgan fingerprint density at radius 3 is 1.31 bits per heavy atom. The summed E-state index contributed by atoms with van der Waals surface area (Å²) in [4.78, 5) is 109. The average molecular weight is 2180 g/mol. The number of piperidine rings is 5. The number of hydrogen-bond acceptors (Lipinski definition) is 25. The molecule has 0 spiro atoms. The number of likely N-dealkylation sites (tertiary alicyclic amines) is 4. The summed E-state index contributed by atoms with van der Waals surface area (Å²) in [5, 5.41) is 28.4. The topological polar surface area (TPSA) is 402 Å². The third-order valence-electron chi connectivity index (χ3n) is 25.7. The lowest BCUT2D eigenvalue weighted by Gasteiger charge is -2.38. The van der Waals surface area contributed by atoms with Gasteiger partial charge in [0, 0.05) is 177 Å². The van der Waals surface area contributed by atoms with E-state index in [1.54, 1.807) is 128 Å². The second-order valence-corrected chi connectivity index (χ2v) is 45.1. The lowest BCUT2D eigenvalue weighted by molar-refractivity contribution is -0.157. The second kappa shape index (κ2) is 55.5. The van der Waals surface area contributed by atoms with E-state index in [1.165, 1.54) is 22.8 Å². The van der Waals surface area contributed by atoms with Gasteiger partial charge in [0.05, 0.1) is 54.0 Å². The summed E-state index contributed by atoms with van der Waals surface area (Å²) >= 11 is 47.8. The van der Waals surface area contributed by atoms with Crippen LogP contribution in [0.3, 0.4) is 0 Å². The predicted octanol–water partition coefficient (Wildman–Crippen LogP) is 20.8. The molecular weight excluding hydrogens is 2040 g/mol. The third-order valence-corrected chi connectivity index (χ3v) is 29.2. The van der Waals surface area contributed by atoms with Crippen LogP contribution in [0.5, 0.6) is 0 Å². The van der Waals surface area contributed by atoms with E-state index in [4.69, 9.17) is 114 Å². The van der Waals surface area contributed by atoms with Crippen molar-refractivity contribution in [1.29, 1.82) is 0 Å². The summed E-state index contributed by atoms with van der Waals surface area (Å²) < 4.78 is 38.3. The molecule has 146 heavy (non-hydrogen) atoms. The minimum Gasteiger partial charge on any atom is -0.460 e. The van der Waals surface area contributed by atoms with Gasteiger partial charge in [-0.05, 0) is 275 Å². The number of H-pyrrole nitrogens is 1. The number of anilines is 7. The summed E-state index contributed by atoms with van der Waals surface area (Å²) in [6.45, 7) is 38.6. The molecule has 12 N–H and O–H groups in total. The SMILES string of the molecule is CC1CCN(C(=O)CNc2cc(Cl)cc(Cl)c2)CC1C.CC1CCN(C(=O)CNc2cc(Cl)cc(Cl)c2)CC1N.CC1CCN(C(=O)CNc2cc(Cl)cc(Cl)c2)CC1Nc1ncnc2[nH]ccc12.CC1CCNCC1CC(=O)OC(C)(C)C.Cc1ccc(S(=O)(=O)n2ccc3c(NC4CN(C(=O)CNc5cc(Cl)cc(Cl)c5)CCC4C)ncnc32)cc1.Cc1ccncc1CC(=O)OC(C)(C)C.Cc1ccncc1N. The number of aromatic nitrogens is 8. The maximum absolute atomic E-state index is 13.3. The fourth-order valence-electron chi connectivity index (χ4n) is 16.6. The number of aryl methyl sites for hydroxylation is 3. The maximum atomic E-state index is 13.3. The van der Waals surface area contributed by atoms with E-state index in [2.05, 4.69) is 114 Å². The molecule has 5 aliphatic heterocycles. The Bertz CT molecular complexity index is 6120. The molecule has 788 valence electrons. The summed E-state index contributed by atoms with van der Waals surface area (Å²) in [6.07, 6.45) is 18.8. The number of carbonyl (C=O) groups is 6. The highest BCUT2D eigenvalue weighted by Crippen LogP contribution is 2.34. The first kappa shape index (κ1) is 117. The van der Waals surface area contributed by atoms with Crippen LogP contribution in [0.25, 0.3) is 22.1 Å². The Labute approximate surface area is 897 Å². The number of aromatic amines is 1. The number of ether oxygens (including phenoxy) is 2. The van der Waals surface area contributed by atoms with Crippen LogP contribution in [0.2, 0.25) is 40.2 Å². The number of pyridine rings is 2. The van der Waals surface area contributed by atoms with Crippen molar-refractivity contribution in [3.63, 3.8) is 0 Å². The van der Waals surface area contributed by atoms with Crippen molar-refractivity contribution < 1.29 is 46.7 Å². The predicted molar refractivity (Wildman–Crippen MR) is 591 cm³/mol. The lowest BCUT2D eigenvalue weighted by atomic mass is 9.86. The van der Waals surface area contributed by atoms with Gasteiger partial charge in [0.1, 0.15) is 41.1 Å². The van der Waals surface area contributed by atoms with E-state index in [1.807, 2.05) is 106 Å². The number of esters is 2. The van der Waals surface area contributed by atoms with E-state index < -0.39 is 15.6 Å². The van der Waals surface area contributed by atoms with Crippen LogP contribution in [0.15, 0.2) is 176 Å². The number of fused-ring (bicyclic) bond motifs is 2. The van der Waals surface area contributed by atoms with Gasteiger partial charge in [0.25, 0.3) is 10.0 Å².